The normalized spacial score (nSPS) is 22.5. The average molecular weight is 267 g/mol. The van der Waals surface area contributed by atoms with Crippen molar-refractivity contribution in [2.75, 3.05) is 0 Å². The van der Waals surface area contributed by atoms with Gasteiger partial charge in [-0.3, -0.25) is 4.79 Å². The number of carbonyl (C=O) groups is 1. The molecule has 1 atom stereocenters. The number of benzene rings is 1. The van der Waals surface area contributed by atoms with Crippen LogP contribution in [0.15, 0.2) is 18.2 Å². The van der Waals surface area contributed by atoms with Gasteiger partial charge in [0, 0.05) is 5.02 Å². The van der Waals surface area contributed by atoms with Crippen LogP contribution in [0.25, 0.3) is 0 Å². The van der Waals surface area contributed by atoms with Crippen LogP contribution in [0.2, 0.25) is 5.02 Å². The Morgan fingerprint density at radius 1 is 1.39 bits per heavy atom. The van der Waals surface area contributed by atoms with E-state index >= 15 is 0 Å². The van der Waals surface area contributed by atoms with Gasteiger partial charge in [-0.2, -0.15) is 0 Å². The van der Waals surface area contributed by atoms with E-state index in [4.69, 9.17) is 16.3 Å². The first-order valence-corrected chi connectivity index (χ1v) is 6.94. The van der Waals surface area contributed by atoms with Crippen molar-refractivity contribution in [3.63, 3.8) is 0 Å². The van der Waals surface area contributed by atoms with Gasteiger partial charge in [0.1, 0.15) is 11.4 Å². The third kappa shape index (κ3) is 2.86. The van der Waals surface area contributed by atoms with Gasteiger partial charge in [0.05, 0.1) is 12.0 Å². The number of ketones is 1. The number of ether oxygens (including phenoxy) is 1. The molecule has 0 saturated heterocycles. The van der Waals surface area contributed by atoms with Crippen molar-refractivity contribution in [1.82, 2.24) is 0 Å². The van der Waals surface area contributed by atoms with E-state index in [9.17, 15) is 4.79 Å². The molecule has 0 aliphatic carbocycles. The third-order valence-corrected chi connectivity index (χ3v) is 3.68. The summed E-state index contributed by atoms with van der Waals surface area (Å²) in [4.78, 5) is 12.1. The molecule has 1 aromatic carbocycles. The summed E-state index contributed by atoms with van der Waals surface area (Å²) in [5, 5.41) is 0.584. The largest absolute Gasteiger partial charge is 0.486 e. The van der Waals surface area contributed by atoms with Crippen molar-refractivity contribution >= 4 is 17.4 Å². The minimum absolute atomic E-state index is 0.137. The summed E-state index contributed by atoms with van der Waals surface area (Å²) >= 11 is 5.91. The molecule has 0 radical (unpaired) electrons. The summed E-state index contributed by atoms with van der Waals surface area (Å²) in [6.45, 7) is 4.20. The molecule has 0 amide bonds. The average Bonchev–Trinajstić information content (AvgIpc) is 2.31. The molecule has 1 heterocycles. The summed E-state index contributed by atoms with van der Waals surface area (Å²) in [5.41, 5.74) is 0.267. The maximum atomic E-state index is 12.1. The van der Waals surface area contributed by atoms with E-state index in [1.54, 1.807) is 18.2 Å². The molecule has 0 saturated carbocycles. The highest BCUT2D eigenvalue weighted by atomic mass is 35.5. The Morgan fingerprint density at radius 3 is 2.89 bits per heavy atom. The van der Waals surface area contributed by atoms with Gasteiger partial charge >= 0.3 is 0 Å². The highest BCUT2D eigenvalue weighted by Gasteiger charge is 2.35. The smallest absolute Gasteiger partial charge is 0.170 e. The molecular weight excluding hydrogens is 248 g/mol. The molecule has 3 heteroatoms. The molecule has 1 aromatic rings. The van der Waals surface area contributed by atoms with Gasteiger partial charge in [0.25, 0.3) is 0 Å². The van der Waals surface area contributed by atoms with E-state index in [2.05, 4.69) is 6.92 Å². The molecule has 0 fully saturated rings. The van der Waals surface area contributed by atoms with Crippen LogP contribution in [0.1, 0.15) is 56.3 Å². The molecule has 0 spiro atoms. The molecule has 2 rings (SSSR count). The highest BCUT2D eigenvalue weighted by molar-refractivity contribution is 6.31. The van der Waals surface area contributed by atoms with Crippen LogP contribution in [0, 0.1) is 0 Å². The Labute approximate surface area is 113 Å². The van der Waals surface area contributed by atoms with E-state index in [1.165, 1.54) is 12.8 Å². The fourth-order valence-corrected chi connectivity index (χ4v) is 2.61. The van der Waals surface area contributed by atoms with Gasteiger partial charge in [-0.15, -0.1) is 0 Å². The molecule has 1 unspecified atom stereocenters. The van der Waals surface area contributed by atoms with Crippen molar-refractivity contribution in [1.29, 1.82) is 0 Å². The van der Waals surface area contributed by atoms with Gasteiger partial charge in [-0.05, 0) is 38.0 Å². The number of hydrogen-bond donors (Lipinski definition) is 0. The van der Waals surface area contributed by atoms with E-state index in [-0.39, 0.29) is 11.4 Å². The SMILES string of the molecule is CCCCCC1(C)CC(=O)c2cc(Cl)ccc2O1. The topological polar surface area (TPSA) is 26.3 Å². The van der Waals surface area contributed by atoms with Crippen molar-refractivity contribution in [2.45, 2.75) is 51.6 Å². The molecule has 0 bridgehead atoms. The summed E-state index contributed by atoms with van der Waals surface area (Å²) in [6.07, 6.45) is 4.83. The number of hydrogen-bond acceptors (Lipinski definition) is 2. The number of rotatable bonds is 4. The van der Waals surface area contributed by atoms with Crippen LogP contribution in [-0.2, 0) is 0 Å². The fraction of sp³-hybridized carbons (Fsp3) is 0.533. The Balaban J connectivity index is 2.17. The van der Waals surface area contributed by atoms with Crippen LogP contribution >= 0.6 is 11.6 Å². The lowest BCUT2D eigenvalue weighted by Gasteiger charge is -2.35. The number of Topliss-reactive ketones (excluding diaryl/α,β-unsaturated/α-hetero) is 1. The van der Waals surface area contributed by atoms with E-state index in [0.717, 1.165) is 12.8 Å². The maximum absolute atomic E-state index is 12.1. The molecule has 0 N–H and O–H groups in total. The first-order valence-electron chi connectivity index (χ1n) is 6.56. The summed E-state index contributed by atoms with van der Waals surface area (Å²) in [6, 6.07) is 5.27. The van der Waals surface area contributed by atoms with Gasteiger partial charge in [0.15, 0.2) is 5.78 Å². The summed E-state index contributed by atoms with van der Waals surface area (Å²) in [7, 11) is 0. The number of unbranched alkanes of at least 4 members (excludes halogenated alkanes) is 2. The molecular formula is C15H19ClO2. The first kappa shape index (κ1) is 13.4. The zero-order valence-corrected chi connectivity index (χ0v) is 11.7. The quantitative estimate of drug-likeness (QED) is 0.742. The Morgan fingerprint density at radius 2 is 2.17 bits per heavy atom. The second-order valence-electron chi connectivity index (χ2n) is 5.25. The Kier molecular flexibility index (Phi) is 3.96. The van der Waals surface area contributed by atoms with Crippen molar-refractivity contribution in [2.24, 2.45) is 0 Å². The highest BCUT2D eigenvalue weighted by Crippen LogP contribution is 2.37. The Bertz CT molecular complexity index is 456. The van der Waals surface area contributed by atoms with Crippen LogP contribution in [-0.4, -0.2) is 11.4 Å². The predicted molar refractivity (Wildman–Crippen MR) is 73.6 cm³/mol. The van der Waals surface area contributed by atoms with E-state index in [1.807, 2.05) is 6.92 Å². The van der Waals surface area contributed by atoms with Gasteiger partial charge < -0.3 is 4.74 Å². The van der Waals surface area contributed by atoms with Crippen LogP contribution in [0.3, 0.4) is 0 Å². The zero-order chi connectivity index (χ0) is 13.2. The van der Waals surface area contributed by atoms with Crippen LogP contribution in [0.4, 0.5) is 0 Å². The van der Waals surface area contributed by atoms with Gasteiger partial charge in [-0.1, -0.05) is 31.4 Å². The lowest BCUT2D eigenvalue weighted by atomic mass is 9.87. The molecule has 0 aromatic heterocycles. The zero-order valence-electron chi connectivity index (χ0n) is 11.0. The van der Waals surface area contributed by atoms with Crippen molar-refractivity contribution in [3.05, 3.63) is 28.8 Å². The predicted octanol–water partition coefficient (Wildman–Crippen LogP) is 4.64. The number of carbonyl (C=O) groups excluding carboxylic acids is 1. The lowest BCUT2D eigenvalue weighted by Crippen LogP contribution is -2.39. The Hall–Kier alpha value is -1.02. The summed E-state index contributed by atoms with van der Waals surface area (Å²) < 4.78 is 6.01. The minimum Gasteiger partial charge on any atom is -0.486 e. The fourth-order valence-electron chi connectivity index (χ4n) is 2.43. The maximum Gasteiger partial charge on any atom is 0.170 e. The van der Waals surface area contributed by atoms with Crippen LogP contribution < -0.4 is 4.74 Å². The van der Waals surface area contributed by atoms with Crippen LogP contribution in [0.5, 0.6) is 5.75 Å². The second kappa shape index (κ2) is 5.31. The monoisotopic (exact) mass is 266 g/mol. The second-order valence-corrected chi connectivity index (χ2v) is 5.69. The minimum atomic E-state index is -0.354. The third-order valence-electron chi connectivity index (χ3n) is 3.44. The lowest BCUT2D eigenvalue weighted by molar-refractivity contribution is 0.0454. The van der Waals surface area contributed by atoms with E-state index < -0.39 is 0 Å². The van der Waals surface area contributed by atoms with Crippen molar-refractivity contribution in [3.8, 4) is 5.75 Å². The first-order chi connectivity index (χ1) is 8.54. The summed E-state index contributed by atoms with van der Waals surface area (Å²) in [5.74, 6) is 0.812. The number of halogens is 1. The van der Waals surface area contributed by atoms with E-state index in [0.29, 0.717) is 22.8 Å². The van der Waals surface area contributed by atoms with Gasteiger partial charge in [-0.25, -0.2) is 0 Å². The molecule has 2 nitrogen and oxygen atoms in total. The molecule has 1 aliphatic heterocycles. The molecule has 1 aliphatic rings. The number of fused-ring (bicyclic) bond motifs is 1. The standard InChI is InChI=1S/C15H19ClO2/c1-3-4-5-8-15(2)10-13(17)12-9-11(16)6-7-14(12)18-15/h6-7,9H,3-5,8,10H2,1-2H3. The molecule has 18 heavy (non-hydrogen) atoms. The van der Waals surface area contributed by atoms with Crippen molar-refractivity contribution < 1.29 is 9.53 Å². The van der Waals surface area contributed by atoms with Gasteiger partial charge in [0.2, 0.25) is 0 Å². The molecule has 98 valence electrons.